The molecule has 11 aromatic rings. The number of nitrogens with one attached hydrogen (secondary N) is 1. The van der Waals surface area contributed by atoms with Gasteiger partial charge in [0.15, 0.2) is 0 Å². The van der Waals surface area contributed by atoms with E-state index in [1.807, 2.05) is 24.3 Å². The monoisotopic (exact) mass is 807 g/mol. The Hall–Kier alpha value is -7.94. The molecule has 0 aliphatic heterocycles. The van der Waals surface area contributed by atoms with E-state index in [0.29, 0.717) is 0 Å². The van der Waals surface area contributed by atoms with Gasteiger partial charge in [-0.15, -0.1) is 0 Å². The van der Waals surface area contributed by atoms with E-state index in [4.69, 9.17) is 4.42 Å². The van der Waals surface area contributed by atoms with E-state index in [9.17, 15) is 0 Å². The van der Waals surface area contributed by atoms with Crippen LogP contribution in [0.4, 0.5) is 11.4 Å². The van der Waals surface area contributed by atoms with E-state index in [1.165, 1.54) is 88.3 Å². The average molecular weight is 808 g/mol. The fourth-order valence-electron chi connectivity index (χ4n) is 9.49. The highest BCUT2D eigenvalue weighted by Crippen LogP contribution is 2.50. The summed E-state index contributed by atoms with van der Waals surface area (Å²) in [7, 11) is 0. The topological polar surface area (TPSA) is 25.2 Å². The summed E-state index contributed by atoms with van der Waals surface area (Å²) in [6, 6.07) is 82.1. The molecular formula is C61H45NO. The van der Waals surface area contributed by atoms with Crippen LogP contribution in [0, 0.1) is 0 Å². The molecule has 0 atom stereocenters. The third-order valence-electron chi connectivity index (χ3n) is 12.8. The maximum atomic E-state index is 5.91. The van der Waals surface area contributed by atoms with Crippen molar-refractivity contribution >= 4 is 44.1 Å². The van der Waals surface area contributed by atoms with Gasteiger partial charge in [-0.05, 0) is 126 Å². The van der Waals surface area contributed by atoms with Crippen molar-refractivity contribution in [2.45, 2.75) is 19.3 Å². The van der Waals surface area contributed by atoms with Gasteiger partial charge < -0.3 is 9.73 Å². The first-order chi connectivity index (χ1) is 31.0. The molecule has 2 heteroatoms. The van der Waals surface area contributed by atoms with Crippen LogP contribution in [0.2, 0.25) is 0 Å². The Morgan fingerprint density at radius 3 is 1.60 bits per heavy atom. The van der Waals surface area contributed by atoms with Crippen molar-refractivity contribution in [3.63, 3.8) is 0 Å². The van der Waals surface area contributed by atoms with Crippen LogP contribution in [0.5, 0.6) is 0 Å². The predicted octanol–water partition coefficient (Wildman–Crippen LogP) is 17.1. The van der Waals surface area contributed by atoms with Crippen LogP contribution in [0.25, 0.3) is 88.3 Å². The number of hydrogen-bond donors (Lipinski definition) is 1. The molecule has 300 valence electrons. The molecule has 0 saturated heterocycles. The summed E-state index contributed by atoms with van der Waals surface area (Å²) in [6.45, 7) is 4.69. The molecule has 63 heavy (non-hydrogen) atoms. The zero-order valence-corrected chi connectivity index (χ0v) is 35.3. The van der Waals surface area contributed by atoms with E-state index in [0.717, 1.165) is 22.5 Å². The van der Waals surface area contributed by atoms with Crippen molar-refractivity contribution in [2.24, 2.45) is 0 Å². The molecule has 1 N–H and O–H groups in total. The van der Waals surface area contributed by atoms with Gasteiger partial charge >= 0.3 is 0 Å². The Labute approximate surface area is 368 Å². The Morgan fingerprint density at radius 2 is 0.841 bits per heavy atom. The largest absolute Gasteiger partial charge is 0.456 e. The molecule has 0 unspecified atom stereocenters. The number of rotatable bonds is 6. The molecule has 0 fully saturated rings. The standard InChI is InChI=1S/C43H33N.C18H12O/c1-43(2)41-27-32(29-11-4-3-5-12-29)21-25-39(41)40-26-24-34(28-42(40)43)44-33-22-19-31(20-23-33)36-16-8-9-17-37(36)38-18-10-14-30-13-6-7-15-35(30)38;1-2-6-13(7-3-1)14-10-11-16-15-8-4-5-9-17(15)19-18(16)12-14/h3-28,44H,1-2H3;1-12H. The van der Waals surface area contributed by atoms with Gasteiger partial charge in [0.2, 0.25) is 0 Å². The average Bonchev–Trinajstić information content (AvgIpc) is 3.83. The zero-order chi connectivity index (χ0) is 42.3. The Morgan fingerprint density at radius 1 is 0.317 bits per heavy atom. The van der Waals surface area contributed by atoms with Crippen molar-refractivity contribution in [1.29, 1.82) is 0 Å². The van der Waals surface area contributed by atoms with Gasteiger partial charge in [-0.1, -0.05) is 196 Å². The molecule has 0 saturated carbocycles. The number of hydrogen-bond acceptors (Lipinski definition) is 2. The van der Waals surface area contributed by atoms with E-state index in [2.05, 4.69) is 225 Å². The highest BCUT2D eigenvalue weighted by atomic mass is 16.3. The summed E-state index contributed by atoms with van der Waals surface area (Å²) in [5, 5.41) is 8.58. The number of anilines is 2. The molecule has 1 aromatic heterocycles. The summed E-state index contributed by atoms with van der Waals surface area (Å²) in [5.74, 6) is 0. The molecule has 1 aliphatic carbocycles. The summed E-state index contributed by atoms with van der Waals surface area (Å²) < 4.78 is 5.91. The van der Waals surface area contributed by atoms with E-state index < -0.39 is 0 Å². The second kappa shape index (κ2) is 15.8. The summed E-state index contributed by atoms with van der Waals surface area (Å²) in [6.07, 6.45) is 0. The Balaban J connectivity index is 0.000000194. The van der Waals surface area contributed by atoms with Crippen LogP contribution in [-0.4, -0.2) is 0 Å². The molecule has 2 nitrogen and oxygen atoms in total. The van der Waals surface area contributed by atoms with E-state index in [-0.39, 0.29) is 5.41 Å². The van der Waals surface area contributed by atoms with Gasteiger partial charge in [0.25, 0.3) is 0 Å². The number of benzene rings is 10. The summed E-state index contributed by atoms with van der Waals surface area (Å²) in [5.41, 5.74) is 19.3. The van der Waals surface area contributed by atoms with Crippen molar-refractivity contribution in [2.75, 3.05) is 5.32 Å². The molecule has 0 bridgehead atoms. The van der Waals surface area contributed by atoms with Crippen molar-refractivity contribution in [3.05, 3.63) is 242 Å². The molecule has 1 heterocycles. The summed E-state index contributed by atoms with van der Waals surface area (Å²) in [4.78, 5) is 0. The lowest BCUT2D eigenvalue weighted by Crippen LogP contribution is -2.15. The fourth-order valence-corrected chi connectivity index (χ4v) is 9.49. The van der Waals surface area contributed by atoms with Crippen LogP contribution in [0.15, 0.2) is 235 Å². The first-order valence-corrected chi connectivity index (χ1v) is 21.7. The molecule has 0 spiro atoms. The minimum Gasteiger partial charge on any atom is -0.456 e. The van der Waals surface area contributed by atoms with Crippen molar-refractivity contribution in [1.82, 2.24) is 0 Å². The smallest absolute Gasteiger partial charge is 0.136 e. The zero-order valence-electron chi connectivity index (χ0n) is 35.3. The number of furan rings is 1. The minimum absolute atomic E-state index is 0.0810. The SMILES string of the molecule is CC1(C)c2cc(Nc3ccc(-c4ccccc4-c4cccc5ccccc45)cc3)ccc2-c2ccc(-c3ccccc3)cc21.c1ccc(-c2ccc3c(c2)oc2ccccc23)cc1. The van der Waals surface area contributed by atoms with Gasteiger partial charge in [0.05, 0.1) is 0 Å². The predicted molar refractivity (Wildman–Crippen MR) is 267 cm³/mol. The van der Waals surface area contributed by atoms with Crippen LogP contribution in [0.1, 0.15) is 25.0 Å². The van der Waals surface area contributed by atoms with Gasteiger partial charge in [-0.25, -0.2) is 0 Å². The number of para-hydroxylation sites is 1. The highest BCUT2D eigenvalue weighted by Gasteiger charge is 2.35. The minimum atomic E-state index is -0.0810. The third-order valence-corrected chi connectivity index (χ3v) is 12.8. The summed E-state index contributed by atoms with van der Waals surface area (Å²) >= 11 is 0. The highest BCUT2D eigenvalue weighted by molar-refractivity contribution is 6.06. The number of fused-ring (bicyclic) bond motifs is 7. The lowest BCUT2D eigenvalue weighted by Gasteiger charge is -2.23. The molecular weight excluding hydrogens is 763 g/mol. The van der Waals surface area contributed by atoms with Crippen LogP contribution >= 0.6 is 0 Å². The van der Waals surface area contributed by atoms with Gasteiger partial charge in [0.1, 0.15) is 11.2 Å². The first kappa shape index (κ1) is 38.0. The Bertz CT molecular complexity index is 3430. The molecule has 0 radical (unpaired) electrons. The van der Waals surface area contributed by atoms with E-state index >= 15 is 0 Å². The second-order valence-electron chi connectivity index (χ2n) is 17.0. The lowest BCUT2D eigenvalue weighted by atomic mass is 9.81. The Kier molecular flexibility index (Phi) is 9.55. The van der Waals surface area contributed by atoms with Gasteiger partial charge in [-0.2, -0.15) is 0 Å². The quantitative estimate of drug-likeness (QED) is 0.181. The molecule has 12 rings (SSSR count). The molecule has 10 aromatic carbocycles. The van der Waals surface area contributed by atoms with Crippen LogP contribution in [0.3, 0.4) is 0 Å². The third kappa shape index (κ3) is 7.06. The maximum absolute atomic E-state index is 5.91. The fraction of sp³-hybridized carbons (Fsp3) is 0.0492. The van der Waals surface area contributed by atoms with Crippen LogP contribution < -0.4 is 5.32 Å². The molecule has 1 aliphatic rings. The normalized spacial score (nSPS) is 12.4. The van der Waals surface area contributed by atoms with Gasteiger partial charge in [-0.3, -0.25) is 0 Å². The maximum Gasteiger partial charge on any atom is 0.136 e. The van der Waals surface area contributed by atoms with E-state index in [1.54, 1.807) is 0 Å². The first-order valence-electron chi connectivity index (χ1n) is 21.7. The second-order valence-corrected chi connectivity index (χ2v) is 17.0. The van der Waals surface area contributed by atoms with Crippen LogP contribution in [-0.2, 0) is 5.41 Å². The van der Waals surface area contributed by atoms with Gasteiger partial charge in [0, 0.05) is 27.6 Å². The van der Waals surface area contributed by atoms with Crippen molar-refractivity contribution in [3.8, 4) is 55.6 Å². The molecule has 0 amide bonds. The lowest BCUT2D eigenvalue weighted by molar-refractivity contribution is 0.661. The van der Waals surface area contributed by atoms with Crippen molar-refractivity contribution < 1.29 is 4.42 Å².